The second kappa shape index (κ2) is 7.64. The highest BCUT2D eigenvalue weighted by molar-refractivity contribution is 7.89. The predicted octanol–water partition coefficient (Wildman–Crippen LogP) is 2.17. The maximum Gasteiger partial charge on any atom is 0.259 e. The van der Waals surface area contributed by atoms with Gasteiger partial charge in [-0.25, -0.2) is 32.3 Å². The Kier molecular flexibility index (Phi) is 5.54. The summed E-state index contributed by atoms with van der Waals surface area (Å²) in [4.78, 5) is 22.6. The van der Waals surface area contributed by atoms with Gasteiger partial charge in [0, 0.05) is 49.1 Å². The fourth-order valence-corrected chi connectivity index (χ4v) is 3.58. The van der Waals surface area contributed by atoms with Crippen LogP contribution in [0.4, 0.5) is 20.3 Å². The normalized spacial score (nSPS) is 19.1. The molecule has 0 radical (unpaired) electrons. The van der Waals surface area contributed by atoms with Gasteiger partial charge in [-0.05, 0) is 25.1 Å². The predicted molar refractivity (Wildman–Crippen MR) is 103 cm³/mol. The van der Waals surface area contributed by atoms with Crippen molar-refractivity contribution in [2.45, 2.75) is 31.2 Å². The van der Waals surface area contributed by atoms with Crippen molar-refractivity contribution < 1.29 is 22.0 Å². The number of carbonyl (C=O) groups excluding carboxylic acids is 1. The van der Waals surface area contributed by atoms with Crippen LogP contribution < -0.4 is 15.4 Å². The first-order valence-electron chi connectivity index (χ1n) is 8.88. The molecule has 3 heterocycles. The van der Waals surface area contributed by atoms with Crippen LogP contribution in [0.3, 0.4) is 0 Å². The fourth-order valence-electron chi connectivity index (χ4n) is 3.08. The lowest BCUT2D eigenvalue weighted by molar-refractivity contribution is -0.0652. The Morgan fingerprint density at radius 2 is 2.07 bits per heavy atom. The van der Waals surface area contributed by atoms with E-state index in [0.717, 1.165) is 6.07 Å². The van der Waals surface area contributed by atoms with Crippen LogP contribution in [0.2, 0.25) is 0 Å². The Balaban J connectivity index is 1.89. The summed E-state index contributed by atoms with van der Waals surface area (Å²) in [5, 5.41) is 7.26. The smallest absolute Gasteiger partial charge is 0.259 e. The van der Waals surface area contributed by atoms with Gasteiger partial charge < -0.3 is 10.2 Å². The number of carbonyl (C=O) groups is 1. The molecule has 8 nitrogen and oxygen atoms in total. The van der Waals surface area contributed by atoms with E-state index in [4.69, 9.17) is 5.14 Å². The first-order valence-corrected chi connectivity index (χ1v) is 10.4. The number of alkyl halides is 2. The summed E-state index contributed by atoms with van der Waals surface area (Å²) >= 11 is 0. The lowest BCUT2D eigenvalue weighted by Crippen LogP contribution is -2.46. The number of anilines is 2. The Morgan fingerprint density at radius 3 is 2.72 bits per heavy atom. The molecule has 2 aromatic rings. The number of amides is 1. The van der Waals surface area contributed by atoms with Crippen molar-refractivity contribution in [1.82, 2.24) is 9.97 Å². The van der Waals surface area contributed by atoms with Gasteiger partial charge >= 0.3 is 0 Å². The minimum Gasteiger partial charge on any atom is -0.355 e. The number of rotatable bonds is 4. The maximum absolute atomic E-state index is 13.9. The van der Waals surface area contributed by atoms with Crippen molar-refractivity contribution in [3.63, 3.8) is 0 Å². The van der Waals surface area contributed by atoms with Crippen LogP contribution in [0, 0.1) is 12.8 Å². The number of sulfonamides is 1. The molecule has 1 atom stereocenters. The molecule has 1 aliphatic rings. The third-order valence-electron chi connectivity index (χ3n) is 4.77. The molecule has 1 aliphatic heterocycles. The Hall–Kier alpha value is -2.66. The molecule has 3 N–H and O–H groups in total. The molecule has 2 aromatic heterocycles. The summed E-state index contributed by atoms with van der Waals surface area (Å²) in [6, 6.07) is 5.75. The van der Waals surface area contributed by atoms with E-state index in [1.807, 2.05) is 0 Å². The van der Waals surface area contributed by atoms with Crippen molar-refractivity contribution in [1.29, 1.82) is 0 Å². The van der Waals surface area contributed by atoms with Crippen molar-refractivity contribution in [3.8, 4) is 0 Å². The van der Waals surface area contributed by atoms with E-state index in [0.29, 0.717) is 11.5 Å². The number of nitrogens with one attached hydrogen (secondary N) is 1. The number of aromatic nitrogens is 2. The van der Waals surface area contributed by atoms with Crippen LogP contribution >= 0.6 is 0 Å². The van der Waals surface area contributed by atoms with E-state index in [9.17, 15) is 22.0 Å². The van der Waals surface area contributed by atoms with Gasteiger partial charge in [-0.3, -0.25) is 4.79 Å². The minimum absolute atomic E-state index is 0.0640. The highest BCUT2D eigenvalue weighted by Gasteiger charge is 2.42. The summed E-state index contributed by atoms with van der Waals surface area (Å²) in [6.45, 7) is 3.34. The number of nitrogens with two attached hydrogens (primary N) is 1. The van der Waals surface area contributed by atoms with Crippen molar-refractivity contribution >= 4 is 27.4 Å². The average Bonchev–Trinajstić information content (AvgIpc) is 2.63. The van der Waals surface area contributed by atoms with Crippen LogP contribution in [0.25, 0.3) is 0 Å². The van der Waals surface area contributed by atoms with Gasteiger partial charge in [0.15, 0.2) is 5.03 Å². The summed E-state index contributed by atoms with van der Waals surface area (Å²) in [7, 11) is -4.03. The standard InChI is InChI=1S/C18H21F2N5O3S/c1-11-10-25(8-6-18(11,19)20)16-14(4-3-12(2)23-16)17(26)24-13-5-7-22-15(9-13)29(21,27)28/h3-5,7,9,11H,6,8,10H2,1-2H3,(H2,21,27,28)(H,22,24,26). The van der Waals surface area contributed by atoms with E-state index < -0.39 is 27.8 Å². The number of aryl methyl sites for hydroxylation is 1. The first kappa shape index (κ1) is 21.1. The van der Waals surface area contributed by atoms with Gasteiger partial charge in [0.25, 0.3) is 21.9 Å². The minimum atomic E-state index is -4.03. The van der Waals surface area contributed by atoms with E-state index in [-0.39, 0.29) is 35.8 Å². The van der Waals surface area contributed by atoms with Gasteiger partial charge in [-0.1, -0.05) is 6.92 Å². The van der Waals surface area contributed by atoms with Crippen molar-refractivity contribution in [3.05, 3.63) is 41.7 Å². The lowest BCUT2D eigenvalue weighted by atomic mass is 9.95. The Labute approximate surface area is 167 Å². The number of halogens is 2. The molecule has 0 aromatic carbocycles. The van der Waals surface area contributed by atoms with Gasteiger partial charge in [-0.2, -0.15) is 0 Å². The molecule has 1 amide bonds. The number of nitrogens with zero attached hydrogens (tertiary/aromatic N) is 3. The molecule has 0 aliphatic carbocycles. The largest absolute Gasteiger partial charge is 0.355 e. The molecule has 0 spiro atoms. The summed E-state index contributed by atoms with van der Waals surface area (Å²) < 4.78 is 50.6. The van der Waals surface area contributed by atoms with E-state index >= 15 is 0 Å². The lowest BCUT2D eigenvalue weighted by Gasteiger charge is -2.38. The SMILES string of the molecule is Cc1ccc(C(=O)Nc2ccnc(S(N)(=O)=O)c2)c(N2CCC(F)(F)C(C)C2)n1. The number of primary sulfonamides is 1. The Morgan fingerprint density at radius 1 is 1.34 bits per heavy atom. The zero-order valence-electron chi connectivity index (χ0n) is 15.9. The first-order chi connectivity index (χ1) is 13.5. The average molecular weight is 425 g/mol. The number of hydrogen-bond donors (Lipinski definition) is 2. The zero-order valence-corrected chi connectivity index (χ0v) is 16.7. The second-order valence-corrected chi connectivity index (χ2v) is 8.57. The molecule has 1 saturated heterocycles. The van der Waals surface area contributed by atoms with Crippen LogP contribution in [0.1, 0.15) is 29.4 Å². The van der Waals surface area contributed by atoms with E-state index in [1.54, 1.807) is 24.0 Å². The van der Waals surface area contributed by atoms with Crippen LogP contribution in [-0.4, -0.2) is 43.3 Å². The molecule has 0 saturated carbocycles. The molecule has 29 heavy (non-hydrogen) atoms. The number of piperidine rings is 1. The third-order valence-corrected chi connectivity index (χ3v) is 5.58. The quantitative estimate of drug-likeness (QED) is 0.775. The molecule has 3 rings (SSSR count). The molecule has 11 heteroatoms. The van der Waals surface area contributed by atoms with E-state index in [1.165, 1.54) is 19.2 Å². The molecule has 0 bridgehead atoms. The van der Waals surface area contributed by atoms with Gasteiger partial charge in [0.1, 0.15) is 5.82 Å². The monoisotopic (exact) mass is 425 g/mol. The zero-order chi connectivity index (χ0) is 21.4. The van der Waals surface area contributed by atoms with E-state index in [2.05, 4.69) is 15.3 Å². The fraction of sp³-hybridized carbons (Fsp3) is 0.389. The van der Waals surface area contributed by atoms with Crippen LogP contribution in [-0.2, 0) is 10.0 Å². The second-order valence-electron chi connectivity index (χ2n) is 7.06. The van der Waals surface area contributed by atoms with Gasteiger partial charge in [-0.15, -0.1) is 0 Å². The topological polar surface area (TPSA) is 118 Å². The maximum atomic E-state index is 13.9. The number of hydrogen-bond acceptors (Lipinski definition) is 6. The molecular formula is C18H21F2N5O3S. The molecule has 1 unspecified atom stereocenters. The third kappa shape index (κ3) is 4.67. The number of pyridine rings is 2. The summed E-state index contributed by atoms with van der Waals surface area (Å²) in [5.41, 5.74) is 1.02. The van der Waals surface area contributed by atoms with Crippen molar-refractivity contribution in [2.75, 3.05) is 23.3 Å². The Bertz CT molecular complexity index is 1050. The molecular weight excluding hydrogens is 404 g/mol. The molecule has 156 valence electrons. The van der Waals surface area contributed by atoms with Gasteiger partial charge in [0.05, 0.1) is 5.56 Å². The summed E-state index contributed by atoms with van der Waals surface area (Å²) in [5.74, 6) is -3.88. The van der Waals surface area contributed by atoms with Crippen LogP contribution in [0.5, 0.6) is 0 Å². The van der Waals surface area contributed by atoms with Crippen molar-refractivity contribution in [2.24, 2.45) is 11.1 Å². The van der Waals surface area contributed by atoms with Crippen LogP contribution in [0.15, 0.2) is 35.5 Å². The highest BCUT2D eigenvalue weighted by Crippen LogP contribution is 2.35. The molecule has 1 fully saturated rings. The summed E-state index contributed by atoms with van der Waals surface area (Å²) in [6.07, 6.45) is 0.880. The highest BCUT2D eigenvalue weighted by atomic mass is 32.2. The van der Waals surface area contributed by atoms with Gasteiger partial charge in [0.2, 0.25) is 0 Å².